The van der Waals surface area contributed by atoms with Crippen LogP contribution in [-0.4, -0.2) is 7.05 Å². The first-order chi connectivity index (χ1) is 10.5. The molecule has 2 rings (SSSR count). The van der Waals surface area contributed by atoms with Crippen LogP contribution in [-0.2, 0) is 12.8 Å². The lowest BCUT2D eigenvalue weighted by molar-refractivity contribution is 0.740. The van der Waals surface area contributed by atoms with Gasteiger partial charge in [-0.25, -0.2) is 0 Å². The summed E-state index contributed by atoms with van der Waals surface area (Å²) in [6.07, 6.45) is 3.45. The van der Waals surface area contributed by atoms with Crippen molar-refractivity contribution in [2.24, 2.45) is 0 Å². The number of aryl methyl sites for hydroxylation is 3. The molecule has 1 nitrogen and oxygen atoms in total. The first-order valence-corrected chi connectivity index (χ1v) is 8.41. The minimum atomic E-state index is 0.551. The minimum Gasteiger partial charge on any atom is -0.388 e. The average molecular weight is 295 g/mol. The molecule has 1 atom stereocenters. The van der Waals surface area contributed by atoms with Crippen LogP contribution in [0.2, 0.25) is 0 Å². The van der Waals surface area contributed by atoms with Crippen molar-refractivity contribution in [1.82, 2.24) is 0 Å². The van der Waals surface area contributed by atoms with Crippen LogP contribution in [0.3, 0.4) is 0 Å². The zero-order valence-electron chi connectivity index (χ0n) is 14.7. The van der Waals surface area contributed by atoms with Gasteiger partial charge in [0.25, 0.3) is 0 Å². The standard InChI is InChI=1S/C21H29N/c1-6-7-19-14-20(22-5)10-11-21(19)17(4)13-18-9-8-15(2)16(3)12-18/h8-12,14,17,22H,6-7,13H2,1-5H3. The fraction of sp³-hybridized carbons (Fsp3) is 0.429. The highest BCUT2D eigenvalue weighted by molar-refractivity contribution is 5.49. The van der Waals surface area contributed by atoms with Crippen LogP contribution >= 0.6 is 0 Å². The quantitative estimate of drug-likeness (QED) is 0.726. The molecule has 0 fully saturated rings. The molecule has 0 amide bonds. The second-order valence-electron chi connectivity index (χ2n) is 6.44. The maximum atomic E-state index is 3.26. The molecule has 0 saturated carbocycles. The van der Waals surface area contributed by atoms with E-state index in [0.717, 1.165) is 12.8 Å². The Morgan fingerprint density at radius 2 is 1.77 bits per heavy atom. The van der Waals surface area contributed by atoms with E-state index < -0.39 is 0 Å². The summed E-state index contributed by atoms with van der Waals surface area (Å²) in [5, 5.41) is 3.26. The second-order valence-corrected chi connectivity index (χ2v) is 6.44. The van der Waals surface area contributed by atoms with Crippen molar-refractivity contribution in [1.29, 1.82) is 0 Å². The number of rotatable bonds is 6. The highest BCUT2D eigenvalue weighted by Crippen LogP contribution is 2.27. The van der Waals surface area contributed by atoms with Crippen molar-refractivity contribution in [3.8, 4) is 0 Å². The predicted molar refractivity (Wildman–Crippen MR) is 98.0 cm³/mol. The van der Waals surface area contributed by atoms with Gasteiger partial charge in [0, 0.05) is 12.7 Å². The van der Waals surface area contributed by atoms with Crippen molar-refractivity contribution in [2.45, 2.75) is 52.9 Å². The summed E-state index contributed by atoms with van der Waals surface area (Å²) in [6, 6.07) is 13.7. The van der Waals surface area contributed by atoms with Crippen LogP contribution in [0.4, 0.5) is 5.69 Å². The third-order valence-corrected chi connectivity index (χ3v) is 4.60. The average Bonchev–Trinajstić information content (AvgIpc) is 2.51. The molecule has 1 N–H and O–H groups in total. The van der Waals surface area contributed by atoms with Gasteiger partial charge in [-0.2, -0.15) is 0 Å². The first kappa shape index (κ1) is 16.6. The SMILES string of the molecule is CCCc1cc(NC)ccc1C(C)Cc1ccc(C)c(C)c1. The molecule has 22 heavy (non-hydrogen) atoms. The topological polar surface area (TPSA) is 12.0 Å². The number of hydrogen-bond acceptors (Lipinski definition) is 1. The molecule has 0 spiro atoms. The van der Waals surface area contributed by atoms with E-state index in [0.29, 0.717) is 5.92 Å². The number of benzene rings is 2. The molecule has 0 bridgehead atoms. The van der Waals surface area contributed by atoms with Gasteiger partial charge in [0.1, 0.15) is 0 Å². The Kier molecular flexibility index (Phi) is 5.65. The molecule has 2 aromatic rings. The molecule has 1 unspecified atom stereocenters. The lowest BCUT2D eigenvalue weighted by Crippen LogP contribution is -2.04. The number of hydrogen-bond donors (Lipinski definition) is 1. The zero-order valence-corrected chi connectivity index (χ0v) is 14.7. The maximum Gasteiger partial charge on any atom is 0.0340 e. The summed E-state index contributed by atoms with van der Waals surface area (Å²) in [4.78, 5) is 0. The van der Waals surface area contributed by atoms with Gasteiger partial charge in [0.05, 0.1) is 0 Å². The fourth-order valence-electron chi connectivity index (χ4n) is 3.12. The van der Waals surface area contributed by atoms with Crippen molar-refractivity contribution in [3.63, 3.8) is 0 Å². The minimum absolute atomic E-state index is 0.551. The summed E-state index contributed by atoms with van der Waals surface area (Å²) in [6.45, 7) is 8.98. The number of anilines is 1. The summed E-state index contributed by atoms with van der Waals surface area (Å²) < 4.78 is 0. The normalized spacial score (nSPS) is 12.2. The van der Waals surface area contributed by atoms with Crippen LogP contribution < -0.4 is 5.32 Å². The Morgan fingerprint density at radius 1 is 1.00 bits per heavy atom. The van der Waals surface area contributed by atoms with E-state index in [-0.39, 0.29) is 0 Å². The van der Waals surface area contributed by atoms with Crippen LogP contribution in [0.15, 0.2) is 36.4 Å². The van der Waals surface area contributed by atoms with Crippen molar-refractivity contribution < 1.29 is 0 Å². The van der Waals surface area contributed by atoms with Gasteiger partial charge in [0.15, 0.2) is 0 Å². The van der Waals surface area contributed by atoms with Gasteiger partial charge in [-0.3, -0.25) is 0 Å². The molecule has 0 aromatic heterocycles. The van der Waals surface area contributed by atoms with E-state index >= 15 is 0 Å². The van der Waals surface area contributed by atoms with E-state index in [1.807, 2.05) is 7.05 Å². The molecule has 0 aliphatic rings. The monoisotopic (exact) mass is 295 g/mol. The van der Waals surface area contributed by atoms with Gasteiger partial charge in [-0.1, -0.05) is 44.5 Å². The summed E-state index contributed by atoms with van der Waals surface area (Å²) in [7, 11) is 1.99. The smallest absolute Gasteiger partial charge is 0.0340 e. The van der Waals surface area contributed by atoms with Gasteiger partial charge in [-0.15, -0.1) is 0 Å². The van der Waals surface area contributed by atoms with Crippen LogP contribution in [0, 0.1) is 13.8 Å². The van der Waals surface area contributed by atoms with E-state index in [1.54, 1.807) is 0 Å². The lowest BCUT2D eigenvalue weighted by atomic mass is 9.88. The van der Waals surface area contributed by atoms with Crippen LogP contribution in [0.1, 0.15) is 54.0 Å². The molecule has 2 aromatic carbocycles. The lowest BCUT2D eigenvalue weighted by Gasteiger charge is -2.18. The van der Waals surface area contributed by atoms with Gasteiger partial charge in [0.2, 0.25) is 0 Å². The summed E-state index contributed by atoms with van der Waals surface area (Å²) >= 11 is 0. The zero-order chi connectivity index (χ0) is 16.1. The largest absolute Gasteiger partial charge is 0.388 e. The molecule has 0 aliphatic carbocycles. The van der Waals surface area contributed by atoms with Crippen LogP contribution in [0.5, 0.6) is 0 Å². The van der Waals surface area contributed by atoms with E-state index in [4.69, 9.17) is 0 Å². The Labute approximate surface area is 135 Å². The van der Waals surface area contributed by atoms with Gasteiger partial charge < -0.3 is 5.32 Å². The first-order valence-electron chi connectivity index (χ1n) is 8.41. The van der Waals surface area contributed by atoms with Crippen molar-refractivity contribution in [3.05, 3.63) is 64.2 Å². The summed E-state index contributed by atoms with van der Waals surface area (Å²) in [5.74, 6) is 0.551. The highest BCUT2D eigenvalue weighted by atomic mass is 14.8. The van der Waals surface area contributed by atoms with Gasteiger partial charge in [-0.05, 0) is 72.6 Å². The van der Waals surface area contributed by atoms with E-state index in [1.165, 1.54) is 39.9 Å². The Bertz CT molecular complexity index is 628. The Balaban J connectivity index is 2.24. The Hall–Kier alpha value is -1.76. The molecular formula is C21H29N. The molecular weight excluding hydrogens is 266 g/mol. The summed E-state index contributed by atoms with van der Waals surface area (Å²) in [5.41, 5.74) is 8.41. The predicted octanol–water partition coefficient (Wildman–Crippen LogP) is 5.64. The van der Waals surface area contributed by atoms with Crippen LogP contribution in [0.25, 0.3) is 0 Å². The second kappa shape index (κ2) is 7.49. The fourth-order valence-corrected chi connectivity index (χ4v) is 3.12. The molecule has 118 valence electrons. The molecule has 0 heterocycles. The Morgan fingerprint density at radius 3 is 2.41 bits per heavy atom. The van der Waals surface area contributed by atoms with E-state index in [9.17, 15) is 0 Å². The number of nitrogens with one attached hydrogen (secondary N) is 1. The van der Waals surface area contributed by atoms with Crippen molar-refractivity contribution in [2.75, 3.05) is 12.4 Å². The van der Waals surface area contributed by atoms with E-state index in [2.05, 4.69) is 69.4 Å². The maximum absolute atomic E-state index is 3.26. The third-order valence-electron chi connectivity index (χ3n) is 4.60. The third kappa shape index (κ3) is 3.91. The van der Waals surface area contributed by atoms with Gasteiger partial charge >= 0.3 is 0 Å². The highest BCUT2D eigenvalue weighted by Gasteiger charge is 2.12. The molecule has 0 saturated heterocycles. The molecule has 0 radical (unpaired) electrons. The molecule has 0 aliphatic heterocycles. The molecule has 1 heteroatoms. The van der Waals surface area contributed by atoms with Crippen molar-refractivity contribution >= 4 is 5.69 Å².